The number of ether oxygens (including phenoxy) is 2. The third-order valence-electron chi connectivity index (χ3n) is 4.84. The number of rotatable bonds is 8. The molecule has 0 saturated carbocycles. The lowest BCUT2D eigenvalue weighted by Gasteiger charge is -2.16. The molecule has 2 N–H and O–H groups in total. The zero-order chi connectivity index (χ0) is 24.0. The average Bonchev–Trinajstić information content (AvgIpc) is 2.81. The minimum atomic E-state index is -0.393. The third-order valence-corrected chi connectivity index (χ3v) is 6.35. The lowest BCUT2D eigenvalue weighted by molar-refractivity contribution is -0.115. The van der Waals surface area contributed by atoms with Crippen molar-refractivity contribution in [3.8, 4) is 11.5 Å². The molecule has 0 aliphatic heterocycles. The molecule has 0 spiro atoms. The van der Waals surface area contributed by atoms with Crippen LogP contribution < -0.4 is 20.1 Å². The number of nitrogens with one attached hydrogen (secondary N) is 2. The van der Waals surface area contributed by atoms with E-state index in [1.54, 1.807) is 49.6 Å². The Morgan fingerprint density at radius 3 is 2.45 bits per heavy atom. The largest absolute Gasteiger partial charge is 0.497 e. The molecule has 33 heavy (non-hydrogen) atoms. The first kappa shape index (κ1) is 24.5. The van der Waals surface area contributed by atoms with Crippen LogP contribution in [0.1, 0.15) is 22.8 Å². The number of hydrogen-bond donors (Lipinski definition) is 2. The zero-order valence-corrected chi connectivity index (χ0v) is 20.3. The Balaban J connectivity index is 1.66. The fourth-order valence-electron chi connectivity index (χ4n) is 3.04. The van der Waals surface area contributed by atoms with E-state index in [0.717, 1.165) is 10.5 Å². The molecule has 1 atom stereocenters. The highest BCUT2D eigenvalue weighted by Gasteiger charge is 2.18. The van der Waals surface area contributed by atoms with Crippen LogP contribution in [0, 0.1) is 6.92 Å². The van der Waals surface area contributed by atoms with Crippen LogP contribution in [0.25, 0.3) is 0 Å². The van der Waals surface area contributed by atoms with Gasteiger partial charge in [-0.15, -0.1) is 11.8 Å². The highest BCUT2D eigenvalue weighted by Crippen LogP contribution is 2.32. The number of benzene rings is 3. The highest BCUT2D eigenvalue weighted by molar-refractivity contribution is 8.00. The molecule has 3 rings (SSSR count). The Hall–Kier alpha value is -3.16. The number of carbonyl (C=O) groups is 2. The van der Waals surface area contributed by atoms with Crippen molar-refractivity contribution in [3.63, 3.8) is 0 Å². The molecule has 6 nitrogen and oxygen atoms in total. The van der Waals surface area contributed by atoms with Crippen LogP contribution in [0.5, 0.6) is 11.5 Å². The van der Waals surface area contributed by atoms with Crippen molar-refractivity contribution < 1.29 is 19.1 Å². The van der Waals surface area contributed by atoms with Crippen LogP contribution in [0.4, 0.5) is 11.4 Å². The van der Waals surface area contributed by atoms with E-state index in [1.807, 2.05) is 32.0 Å². The van der Waals surface area contributed by atoms with Crippen LogP contribution in [-0.2, 0) is 4.79 Å². The van der Waals surface area contributed by atoms with Crippen molar-refractivity contribution in [2.75, 3.05) is 24.9 Å². The molecule has 0 aliphatic rings. The highest BCUT2D eigenvalue weighted by atomic mass is 35.5. The van der Waals surface area contributed by atoms with Crippen LogP contribution in [0.2, 0.25) is 5.02 Å². The van der Waals surface area contributed by atoms with Gasteiger partial charge < -0.3 is 20.1 Å². The second-order valence-electron chi connectivity index (χ2n) is 7.26. The Kier molecular flexibility index (Phi) is 8.25. The van der Waals surface area contributed by atoms with Crippen LogP contribution in [0.15, 0.2) is 65.6 Å². The molecular weight excluding hydrogens is 460 g/mol. The van der Waals surface area contributed by atoms with Gasteiger partial charge in [-0.3, -0.25) is 9.59 Å². The van der Waals surface area contributed by atoms with E-state index in [0.29, 0.717) is 33.5 Å². The third kappa shape index (κ3) is 6.43. The quantitative estimate of drug-likeness (QED) is 0.381. The molecule has 3 aromatic carbocycles. The molecule has 0 aliphatic carbocycles. The summed E-state index contributed by atoms with van der Waals surface area (Å²) in [5.41, 5.74) is 2.53. The van der Waals surface area contributed by atoms with Crippen molar-refractivity contribution in [1.29, 1.82) is 0 Å². The Bertz CT molecular complexity index is 1170. The summed E-state index contributed by atoms with van der Waals surface area (Å²) in [6, 6.07) is 17.8. The van der Waals surface area contributed by atoms with Gasteiger partial charge in [0.2, 0.25) is 5.91 Å². The number of halogens is 1. The zero-order valence-electron chi connectivity index (χ0n) is 18.8. The monoisotopic (exact) mass is 484 g/mol. The van der Waals surface area contributed by atoms with E-state index in [4.69, 9.17) is 21.1 Å². The fraction of sp³-hybridized carbons (Fsp3) is 0.200. The van der Waals surface area contributed by atoms with Gasteiger partial charge >= 0.3 is 0 Å². The SMILES string of the molecule is COc1cccc(C(=O)Nc2cccc(SC(C)C(=O)Nc3cc(C)c(Cl)cc3OC)c2)c1. The lowest BCUT2D eigenvalue weighted by Crippen LogP contribution is -2.22. The average molecular weight is 485 g/mol. The summed E-state index contributed by atoms with van der Waals surface area (Å²) in [5, 5.41) is 5.96. The number of amides is 2. The van der Waals surface area contributed by atoms with Gasteiger partial charge in [0.15, 0.2) is 0 Å². The van der Waals surface area contributed by atoms with Gasteiger partial charge in [-0.25, -0.2) is 0 Å². The molecule has 0 heterocycles. The minimum Gasteiger partial charge on any atom is -0.497 e. The number of hydrogen-bond acceptors (Lipinski definition) is 5. The first-order chi connectivity index (χ1) is 15.8. The topological polar surface area (TPSA) is 76.7 Å². The molecule has 0 saturated heterocycles. The van der Waals surface area contributed by atoms with E-state index in [-0.39, 0.29) is 11.8 Å². The summed E-state index contributed by atoms with van der Waals surface area (Å²) in [6.45, 7) is 3.68. The van der Waals surface area contributed by atoms with E-state index < -0.39 is 5.25 Å². The Morgan fingerprint density at radius 2 is 1.73 bits per heavy atom. The summed E-state index contributed by atoms with van der Waals surface area (Å²) in [7, 11) is 3.08. The number of methoxy groups -OCH3 is 2. The second-order valence-corrected chi connectivity index (χ2v) is 9.09. The molecular formula is C25H25ClN2O4S. The van der Waals surface area contributed by atoms with Gasteiger partial charge in [-0.2, -0.15) is 0 Å². The van der Waals surface area contributed by atoms with E-state index in [1.165, 1.54) is 18.9 Å². The number of aryl methyl sites for hydroxylation is 1. The number of thioether (sulfide) groups is 1. The minimum absolute atomic E-state index is 0.175. The van der Waals surface area contributed by atoms with Crippen molar-refractivity contribution in [3.05, 3.63) is 76.8 Å². The maximum Gasteiger partial charge on any atom is 0.255 e. The maximum atomic E-state index is 12.8. The van der Waals surface area contributed by atoms with Crippen LogP contribution in [-0.4, -0.2) is 31.3 Å². The van der Waals surface area contributed by atoms with Gasteiger partial charge in [-0.05, 0) is 61.9 Å². The molecule has 3 aromatic rings. The van der Waals surface area contributed by atoms with Crippen LogP contribution >= 0.6 is 23.4 Å². The van der Waals surface area contributed by atoms with E-state index >= 15 is 0 Å². The molecule has 1 unspecified atom stereocenters. The molecule has 2 amide bonds. The van der Waals surface area contributed by atoms with Gasteiger partial charge in [-0.1, -0.05) is 23.7 Å². The molecule has 0 radical (unpaired) electrons. The summed E-state index contributed by atoms with van der Waals surface area (Å²) in [6.07, 6.45) is 0. The summed E-state index contributed by atoms with van der Waals surface area (Å²) >= 11 is 7.53. The second kappa shape index (κ2) is 11.1. The molecule has 172 valence electrons. The van der Waals surface area contributed by atoms with Crippen molar-refractivity contribution in [2.24, 2.45) is 0 Å². The van der Waals surface area contributed by atoms with Gasteiger partial charge in [0.05, 0.1) is 25.2 Å². The van der Waals surface area contributed by atoms with Crippen molar-refractivity contribution in [1.82, 2.24) is 0 Å². The summed E-state index contributed by atoms with van der Waals surface area (Å²) in [5.74, 6) is 0.690. The van der Waals surface area contributed by atoms with Crippen LogP contribution in [0.3, 0.4) is 0 Å². The fourth-order valence-corrected chi connectivity index (χ4v) is 4.12. The predicted octanol–water partition coefficient (Wildman–Crippen LogP) is 6.04. The van der Waals surface area contributed by atoms with Crippen molar-refractivity contribution in [2.45, 2.75) is 24.0 Å². The standard InChI is InChI=1S/C25H25ClN2O4S/c1-15-11-22(23(32-4)14-21(15)26)28-24(29)16(2)33-20-10-6-8-18(13-20)27-25(30)17-7-5-9-19(12-17)31-3/h5-14,16H,1-4H3,(H,27,30)(H,28,29). The maximum absolute atomic E-state index is 12.8. The Labute approximate surface area is 202 Å². The van der Waals surface area contributed by atoms with Gasteiger partial charge in [0.1, 0.15) is 11.5 Å². The first-order valence-corrected chi connectivity index (χ1v) is 11.4. The molecule has 8 heteroatoms. The smallest absolute Gasteiger partial charge is 0.255 e. The Morgan fingerprint density at radius 1 is 0.970 bits per heavy atom. The van der Waals surface area contributed by atoms with Crippen molar-refractivity contribution >= 4 is 46.6 Å². The van der Waals surface area contributed by atoms with Gasteiger partial charge in [0, 0.05) is 27.2 Å². The number of anilines is 2. The summed E-state index contributed by atoms with van der Waals surface area (Å²) in [4.78, 5) is 26.2. The van der Waals surface area contributed by atoms with E-state index in [9.17, 15) is 9.59 Å². The molecule has 0 fully saturated rings. The van der Waals surface area contributed by atoms with E-state index in [2.05, 4.69) is 10.6 Å². The molecule has 0 bridgehead atoms. The normalized spacial score (nSPS) is 11.4. The lowest BCUT2D eigenvalue weighted by atomic mass is 10.2. The first-order valence-electron chi connectivity index (χ1n) is 10.2. The predicted molar refractivity (Wildman–Crippen MR) is 134 cm³/mol. The molecule has 0 aromatic heterocycles. The van der Waals surface area contributed by atoms with Gasteiger partial charge in [0.25, 0.3) is 5.91 Å². The number of carbonyl (C=O) groups excluding carboxylic acids is 2. The summed E-state index contributed by atoms with van der Waals surface area (Å²) < 4.78 is 10.5.